The third-order valence-corrected chi connectivity index (χ3v) is 5.65. The van der Waals surface area contributed by atoms with Crippen LogP contribution in [-0.2, 0) is 19.0 Å². The SMILES string of the molecule is CCCCOc1cnc(-c2ccc3c(F)c(CCc4ccc(C(F)(F)F)cc4)ccc3c2)nc1. The van der Waals surface area contributed by atoms with Crippen LogP contribution >= 0.6 is 0 Å². The topological polar surface area (TPSA) is 35.0 Å². The number of alkyl halides is 3. The van der Waals surface area contributed by atoms with Gasteiger partial charge < -0.3 is 4.74 Å². The first-order valence-corrected chi connectivity index (χ1v) is 11.2. The van der Waals surface area contributed by atoms with E-state index in [9.17, 15) is 13.2 Å². The van der Waals surface area contributed by atoms with Crippen molar-refractivity contribution in [3.63, 3.8) is 0 Å². The molecule has 34 heavy (non-hydrogen) atoms. The zero-order valence-corrected chi connectivity index (χ0v) is 18.7. The second kappa shape index (κ2) is 10.2. The highest BCUT2D eigenvalue weighted by Gasteiger charge is 2.29. The highest BCUT2D eigenvalue weighted by atomic mass is 19.4. The number of benzene rings is 3. The van der Waals surface area contributed by atoms with Crippen molar-refractivity contribution in [1.82, 2.24) is 9.97 Å². The Hall–Kier alpha value is -3.48. The fourth-order valence-electron chi connectivity index (χ4n) is 3.68. The van der Waals surface area contributed by atoms with E-state index in [1.54, 1.807) is 30.6 Å². The minimum Gasteiger partial charge on any atom is -0.490 e. The van der Waals surface area contributed by atoms with E-state index in [4.69, 9.17) is 4.74 Å². The third-order valence-electron chi connectivity index (χ3n) is 5.65. The minimum absolute atomic E-state index is 0.323. The highest BCUT2D eigenvalue weighted by molar-refractivity contribution is 5.87. The molecular weight excluding hydrogens is 444 g/mol. The molecule has 176 valence electrons. The van der Waals surface area contributed by atoms with Gasteiger partial charge in [-0.2, -0.15) is 13.2 Å². The number of hydrogen-bond donors (Lipinski definition) is 0. The summed E-state index contributed by atoms with van der Waals surface area (Å²) in [6.45, 7) is 2.71. The van der Waals surface area contributed by atoms with E-state index >= 15 is 4.39 Å². The molecule has 1 heterocycles. The van der Waals surface area contributed by atoms with Gasteiger partial charge in [0.15, 0.2) is 11.6 Å². The second-order valence-electron chi connectivity index (χ2n) is 8.11. The van der Waals surface area contributed by atoms with Crippen LogP contribution in [0, 0.1) is 5.82 Å². The van der Waals surface area contributed by atoms with E-state index in [0.29, 0.717) is 42.0 Å². The number of ether oxygens (including phenoxy) is 1. The molecule has 0 spiro atoms. The third kappa shape index (κ3) is 5.53. The van der Waals surface area contributed by atoms with E-state index in [-0.39, 0.29) is 5.82 Å². The van der Waals surface area contributed by atoms with Crippen LogP contribution in [0.3, 0.4) is 0 Å². The van der Waals surface area contributed by atoms with Crippen molar-refractivity contribution in [2.24, 2.45) is 0 Å². The predicted molar refractivity (Wildman–Crippen MR) is 124 cm³/mol. The Labute approximate surface area is 195 Å². The molecule has 4 rings (SSSR count). The first-order chi connectivity index (χ1) is 16.3. The predicted octanol–water partition coefficient (Wildman–Crippen LogP) is 7.42. The second-order valence-corrected chi connectivity index (χ2v) is 8.11. The van der Waals surface area contributed by atoms with Gasteiger partial charge in [-0.15, -0.1) is 0 Å². The fourth-order valence-corrected chi connectivity index (χ4v) is 3.68. The summed E-state index contributed by atoms with van der Waals surface area (Å²) in [5, 5.41) is 1.20. The van der Waals surface area contributed by atoms with Gasteiger partial charge in [0.1, 0.15) is 5.82 Å². The van der Waals surface area contributed by atoms with Crippen molar-refractivity contribution in [1.29, 1.82) is 0 Å². The lowest BCUT2D eigenvalue weighted by Crippen LogP contribution is -2.04. The average molecular weight is 468 g/mol. The summed E-state index contributed by atoms with van der Waals surface area (Å²) in [6, 6.07) is 13.9. The number of unbranched alkanes of at least 4 members (excludes halogenated alkanes) is 1. The smallest absolute Gasteiger partial charge is 0.416 e. The molecule has 0 saturated heterocycles. The lowest BCUT2D eigenvalue weighted by molar-refractivity contribution is -0.137. The van der Waals surface area contributed by atoms with Crippen LogP contribution in [0.1, 0.15) is 36.5 Å². The lowest BCUT2D eigenvalue weighted by Gasteiger charge is -2.10. The monoisotopic (exact) mass is 468 g/mol. The van der Waals surface area contributed by atoms with Crippen molar-refractivity contribution in [3.8, 4) is 17.1 Å². The fraction of sp³-hybridized carbons (Fsp3) is 0.259. The minimum atomic E-state index is -4.36. The van der Waals surface area contributed by atoms with Crippen molar-refractivity contribution >= 4 is 10.8 Å². The number of aryl methyl sites for hydroxylation is 2. The Kier molecular flexibility index (Phi) is 7.10. The van der Waals surface area contributed by atoms with E-state index in [2.05, 4.69) is 16.9 Å². The Morgan fingerprint density at radius 3 is 2.29 bits per heavy atom. The van der Waals surface area contributed by atoms with E-state index in [1.165, 1.54) is 12.1 Å². The van der Waals surface area contributed by atoms with Crippen molar-refractivity contribution in [2.75, 3.05) is 6.61 Å². The molecule has 0 atom stereocenters. The maximum atomic E-state index is 15.1. The van der Waals surface area contributed by atoms with Crippen LogP contribution in [0.15, 0.2) is 67.0 Å². The zero-order chi connectivity index (χ0) is 24.1. The van der Waals surface area contributed by atoms with Gasteiger partial charge >= 0.3 is 6.18 Å². The van der Waals surface area contributed by atoms with Gasteiger partial charge in [0.05, 0.1) is 24.6 Å². The van der Waals surface area contributed by atoms with Crippen molar-refractivity contribution < 1.29 is 22.3 Å². The molecule has 0 unspecified atom stereocenters. The highest BCUT2D eigenvalue weighted by Crippen LogP contribution is 2.30. The number of halogens is 4. The van der Waals surface area contributed by atoms with Gasteiger partial charge in [-0.05, 0) is 54.0 Å². The molecule has 0 aliphatic heterocycles. The first-order valence-electron chi connectivity index (χ1n) is 11.2. The van der Waals surface area contributed by atoms with Gasteiger partial charge in [0.2, 0.25) is 0 Å². The summed E-state index contributed by atoms with van der Waals surface area (Å²) < 4.78 is 58.9. The largest absolute Gasteiger partial charge is 0.490 e. The molecule has 0 N–H and O–H groups in total. The molecule has 0 radical (unpaired) electrons. The summed E-state index contributed by atoms with van der Waals surface area (Å²) in [5.41, 5.74) is 1.32. The summed E-state index contributed by atoms with van der Waals surface area (Å²) >= 11 is 0. The first kappa shape index (κ1) is 23.7. The van der Waals surface area contributed by atoms with Crippen LogP contribution in [0.25, 0.3) is 22.2 Å². The summed E-state index contributed by atoms with van der Waals surface area (Å²) in [4.78, 5) is 8.72. The number of nitrogens with zero attached hydrogens (tertiary/aromatic N) is 2. The molecule has 0 bridgehead atoms. The molecule has 1 aromatic heterocycles. The molecule has 0 aliphatic rings. The zero-order valence-electron chi connectivity index (χ0n) is 18.7. The quantitative estimate of drug-likeness (QED) is 0.199. The summed E-state index contributed by atoms with van der Waals surface area (Å²) in [5.74, 6) is 0.815. The molecule has 3 nitrogen and oxygen atoms in total. The van der Waals surface area contributed by atoms with Gasteiger partial charge in [0.25, 0.3) is 0 Å². The van der Waals surface area contributed by atoms with Gasteiger partial charge in [-0.1, -0.05) is 49.7 Å². The molecule has 0 aliphatic carbocycles. The lowest BCUT2D eigenvalue weighted by atomic mass is 9.98. The molecule has 7 heteroatoms. The normalized spacial score (nSPS) is 11.7. The average Bonchev–Trinajstić information content (AvgIpc) is 2.84. The molecule has 0 fully saturated rings. The van der Waals surface area contributed by atoms with Crippen LogP contribution in [0.2, 0.25) is 0 Å². The standard InChI is InChI=1S/C27H24F4N2O/c1-2-3-14-34-23-16-32-26(33-17-23)21-10-13-24-20(15-21)9-8-19(25(24)28)7-4-18-5-11-22(12-6-18)27(29,30)31/h5-6,8-13,15-17H,2-4,7,14H2,1H3. The van der Waals surface area contributed by atoms with Gasteiger partial charge in [-0.3, -0.25) is 0 Å². The van der Waals surface area contributed by atoms with E-state index < -0.39 is 11.7 Å². The number of rotatable bonds is 8. The van der Waals surface area contributed by atoms with E-state index in [0.717, 1.165) is 41.5 Å². The van der Waals surface area contributed by atoms with Gasteiger partial charge in [0, 0.05) is 10.9 Å². The Bertz CT molecular complexity index is 1250. The molecular formula is C27H24F4N2O. The summed E-state index contributed by atoms with van der Waals surface area (Å²) in [7, 11) is 0. The molecule has 3 aromatic carbocycles. The van der Waals surface area contributed by atoms with Gasteiger partial charge in [-0.25, -0.2) is 14.4 Å². The maximum Gasteiger partial charge on any atom is 0.416 e. The maximum absolute atomic E-state index is 15.1. The number of aromatic nitrogens is 2. The summed E-state index contributed by atoms with van der Waals surface area (Å²) in [6.07, 6.45) is 1.74. The Morgan fingerprint density at radius 2 is 1.62 bits per heavy atom. The Balaban J connectivity index is 1.47. The number of hydrogen-bond acceptors (Lipinski definition) is 3. The molecule has 0 saturated carbocycles. The molecule has 0 amide bonds. The van der Waals surface area contributed by atoms with Crippen molar-refractivity contribution in [2.45, 2.75) is 38.8 Å². The van der Waals surface area contributed by atoms with Crippen LogP contribution < -0.4 is 4.74 Å². The number of fused-ring (bicyclic) bond motifs is 1. The Morgan fingerprint density at radius 1 is 0.882 bits per heavy atom. The molecule has 4 aromatic rings. The van der Waals surface area contributed by atoms with Crippen LogP contribution in [0.4, 0.5) is 17.6 Å². The van der Waals surface area contributed by atoms with Crippen LogP contribution in [0.5, 0.6) is 5.75 Å². The van der Waals surface area contributed by atoms with E-state index in [1.807, 2.05) is 12.1 Å². The van der Waals surface area contributed by atoms with Crippen molar-refractivity contribution in [3.05, 3.63) is 89.5 Å². The van der Waals surface area contributed by atoms with Crippen LogP contribution in [-0.4, -0.2) is 16.6 Å².